The van der Waals surface area contributed by atoms with E-state index in [0.717, 1.165) is 6.61 Å². The second kappa shape index (κ2) is 9.29. The molecule has 5 heteroatoms. The predicted molar refractivity (Wildman–Crippen MR) is 81.7 cm³/mol. The maximum absolute atomic E-state index is 10.2. The molecule has 0 spiro atoms. The summed E-state index contributed by atoms with van der Waals surface area (Å²) < 4.78 is 8.29. The average molecular weight is 365 g/mol. The van der Waals surface area contributed by atoms with Gasteiger partial charge < -0.3 is 5.11 Å². The quantitative estimate of drug-likeness (QED) is 0.638. The number of rotatable bonds is 3. The van der Waals surface area contributed by atoms with Crippen LogP contribution in [-0.4, -0.2) is 39.6 Å². The van der Waals surface area contributed by atoms with Gasteiger partial charge >= 0.3 is 70.1 Å². The van der Waals surface area contributed by atoms with Crippen LogP contribution in [-0.2, 0) is 3.07 Å². The third kappa shape index (κ3) is 6.32. The Labute approximate surface area is 116 Å². The first-order valence-electron chi connectivity index (χ1n) is 5.98. The van der Waals surface area contributed by atoms with Crippen molar-refractivity contribution < 1.29 is 13.0 Å². The van der Waals surface area contributed by atoms with Crippen LogP contribution in [0.15, 0.2) is 30.3 Å². The van der Waals surface area contributed by atoms with Gasteiger partial charge in [0, 0.05) is 0 Å². The van der Waals surface area contributed by atoms with Crippen LogP contribution in [0.2, 0.25) is 0 Å². The summed E-state index contributed by atoms with van der Waals surface area (Å²) in [6, 6.07) is 8.30. The molecule has 0 atom stereocenters. The van der Waals surface area contributed by atoms with Gasteiger partial charge in [0.1, 0.15) is 0 Å². The van der Waals surface area contributed by atoms with Crippen molar-refractivity contribution in [2.75, 3.05) is 28.6 Å². The number of hydrogen-bond acceptors (Lipinski definition) is 3. The summed E-state index contributed by atoms with van der Waals surface area (Å²) in [6.45, 7) is 5.43. The fourth-order valence-corrected chi connectivity index (χ4v) is 5.42. The minimum Gasteiger partial charge on any atom is -0.478 e. The molecule has 1 fully saturated rings. The van der Waals surface area contributed by atoms with Crippen molar-refractivity contribution in [2.45, 2.75) is 6.92 Å². The summed E-state index contributed by atoms with van der Waals surface area (Å²) in [7, 11) is 0. The fraction of sp³-hybridized carbons (Fsp3) is 0.462. The number of benzene rings is 1. The van der Waals surface area contributed by atoms with Gasteiger partial charge in [0.2, 0.25) is 0 Å². The van der Waals surface area contributed by atoms with Gasteiger partial charge in [0.05, 0.1) is 5.56 Å². The maximum atomic E-state index is 10.2. The zero-order valence-corrected chi connectivity index (χ0v) is 12.7. The molecule has 0 unspecified atom stereocenters. The number of hydrogen-bond donors (Lipinski definition) is 2. The Kier molecular flexibility index (Phi) is 7.95. The average Bonchev–Trinajstić information content (AvgIpc) is 2.42. The molecule has 2 N–H and O–H groups in total. The first-order valence-corrected chi connectivity index (χ1v) is 9.91. The van der Waals surface area contributed by atoms with E-state index in [4.69, 9.17) is 8.17 Å². The molecular weight excluding hydrogens is 345 g/mol. The van der Waals surface area contributed by atoms with Crippen LogP contribution >= 0.6 is 20.2 Å². The van der Waals surface area contributed by atoms with E-state index in [1.807, 2.05) is 0 Å². The Balaban J connectivity index is 0.000000180. The van der Waals surface area contributed by atoms with Crippen LogP contribution in [0.3, 0.4) is 0 Å². The van der Waals surface area contributed by atoms with Crippen LogP contribution in [0.1, 0.15) is 17.3 Å². The summed E-state index contributed by atoms with van der Waals surface area (Å²) in [6.07, 6.45) is 0. The third-order valence-electron chi connectivity index (χ3n) is 2.25. The standard InChI is InChI=1S/C7H6O2.C6H14INO/c8-7(9)6-4-2-1-3-5-6;1-2-9-7-3-5-8-6-4-7/h1-5H,(H,8,9);8H,2-6H2,1H3. The second-order valence-corrected chi connectivity index (χ2v) is 8.71. The van der Waals surface area contributed by atoms with Gasteiger partial charge in [-0.2, -0.15) is 0 Å². The van der Waals surface area contributed by atoms with Crippen molar-refractivity contribution in [1.29, 1.82) is 0 Å². The Hall–Kier alpha value is -0.660. The molecule has 0 radical (unpaired) electrons. The van der Waals surface area contributed by atoms with Gasteiger partial charge in [-0.1, -0.05) is 18.2 Å². The SMILES string of the molecule is CCOI1CCNCC1.O=C(O)c1ccccc1. The van der Waals surface area contributed by atoms with E-state index < -0.39 is 26.2 Å². The molecule has 1 aromatic rings. The molecule has 102 valence electrons. The Morgan fingerprint density at radius 3 is 2.39 bits per heavy atom. The van der Waals surface area contributed by atoms with E-state index in [9.17, 15) is 4.79 Å². The smallest absolute Gasteiger partial charge is 0.335 e. The zero-order chi connectivity index (χ0) is 13.2. The Bertz CT molecular complexity index is 337. The minimum atomic E-state index is -0.879. The third-order valence-corrected chi connectivity index (χ3v) is 7.24. The van der Waals surface area contributed by atoms with E-state index in [2.05, 4.69) is 12.2 Å². The Morgan fingerprint density at radius 1 is 1.33 bits per heavy atom. The van der Waals surface area contributed by atoms with Crippen LogP contribution in [0.4, 0.5) is 0 Å². The Morgan fingerprint density at radius 2 is 1.94 bits per heavy atom. The first-order chi connectivity index (χ1) is 8.74. The molecule has 1 aromatic carbocycles. The fourth-order valence-electron chi connectivity index (χ4n) is 1.41. The van der Waals surface area contributed by atoms with E-state index >= 15 is 0 Å². The van der Waals surface area contributed by atoms with Crippen molar-refractivity contribution in [1.82, 2.24) is 5.32 Å². The van der Waals surface area contributed by atoms with Crippen molar-refractivity contribution in [3.63, 3.8) is 0 Å². The second-order valence-electron chi connectivity index (χ2n) is 3.60. The summed E-state index contributed by atoms with van der Waals surface area (Å²) in [5.41, 5.74) is 0.331. The molecular formula is C13H20INO3. The van der Waals surface area contributed by atoms with Gasteiger partial charge in [-0.05, 0) is 12.1 Å². The monoisotopic (exact) mass is 365 g/mol. The molecule has 1 heterocycles. The molecule has 0 amide bonds. The van der Waals surface area contributed by atoms with Gasteiger partial charge in [-0.3, -0.25) is 0 Å². The molecule has 0 bridgehead atoms. The molecule has 0 aliphatic carbocycles. The maximum Gasteiger partial charge on any atom is 0.335 e. The van der Waals surface area contributed by atoms with Crippen molar-refractivity contribution in [3.05, 3.63) is 35.9 Å². The number of aromatic carboxylic acids is 1. The van der Waals surface area contributed by atoms with Crippen LogP contribution in [0.25, 0.3) is 0 Å². The van der Waals surface area contributed by atoms with Crippen LogP contribution in [0.5, 0.6) is 0 Å². The molecule has 18 heavy (non-hydrogen) atoms. The molecule has 1 saturated heterocycles. The number of alkyl halides is 2. The number of halogens is 1. The molecule has 0 aromatic heterocycles. The van der Waals surface area contributed by atoms with E-state index in [1.54, 1.807) is 30.3 Å². The summed E-state index contributed by atoms with van der Waals surface area (Å²) in [5, 5.41) is 11.7. The van der Waals surface area contributed by atoms with Crippen LogP contribution < -0.4 is 5.32 Å². The molecule has 1 aliphatic rings. The van der Waals surface area contributed by atoms with Crippen molar-refractivity contribution in [2.24, 2.45) is 0 Å². The van der Waals surface area contributed by atoms with Crippen molar-refractivity contribution >= 4 is 26.2 Å². The number of carboxylic acids is 1. The molecule has 2 rings (SSSR count). The van der Waals surface area contributed by atoms with Gasteiger partial charge in [-0.15, -0.1) is 0 Å². The molecule has 4 nitrogen and oxygen atoms in total. The summed E-state index contributed by atoms with van der Waals surface area (Å²) in [4.78, 5) is 10.2. The summed E-state index contributed by atoms with van der Waals surface area (Å²) >= 11 is -0.846. The topological polar surface area (TPSA) is 58.6 Å². The number of nitrogens with one attached hydrogen (secondary N) is 1. The zero-order valence-electron chi connectivity index (χ0n) is 10.6. The van der Waals surface area contributed by atoms with Crippen LogP contribution in [0, 0.1) is 0 Å². The first kappa shape index (κ1) is 15.4. The van der Waals surface area contributed by atoms with Gasteiger partial charge in [0.15, 0.2) is 0 Å². The molecule has 0 saturated carbocycles. The largest absolute Gasteiger partial charge is 0.478 e. The molecule has 1 aliphatic heterocycles. The van der Waals surface area contributed by atoms with Gasteiger partial charge in [-0.25, -0.2) is 4.79 Å². The van der Waals surface area contributed by atoms with Crippen molar-refractivity contribution in [3.8, 4) is 0 Å². The van der Waals surface area contributed by atoms with E-state index in [1.165, 1.54) is 21.9 Å². The van der Waals surface area contributed by atoms with Gasteiger partial charge in [0.25, 0.3) is 0 Å². The number of carboxylic acid groups (broad SMARTS) is 1. The minimum absolute atomic E-state index is 0.331. The predicted octanol–water partition coefficient (Wildman–Crippen LogP) is 2.43. The summed E-state index contributed by atoms with van der Waals surface area (Å²) in [5.74, 6) is -0.879. The normalized spacial score (nSPS) is 16.6. The number of carbonyl (C=O) groups is 1. The van der Waals surface area contributed by atoms with E-state index in [0.29, 0.717) is 5.56 Å². The van der Waals surface area contributed by atoms with E-state index in [-0.39, 0.29) is 0 Å².